The summed E-state index contributed by atoms with van der Waals surface area (Å²) in [6.45, 7) is 0.172. The van der Waals surface area contributed by atoms with Gasteiger partial charge in [-0.1, -0.05) is 31.4 Å². The van der Waals surface area contributed by atoms with Crippen molar-refractivity contribution in [1.82, 2.24) is 15.1 Å². The van der Waals surface area contributed by atoms with Gasteiger partial charge in [0.2, 0.25) is 0 Å². The summed E-state index contributed by atoms with van der Waals surface area (Å²) in [5.41, 5.74) is 1.06. The zero-order chi connectivity index (χ0) is 22.1. The van der Waals surface area contributed by atoms with Crippen LogP contribution >= 0.6 is 0 Å². The number of carbonyl (C=O) groups is 5. The first kappa shape index (κ1) is 21.2. The van der Waals surface area contributed by atoms with Gasteiger partial charge in [0.15, 0.2) is 5.78 Å². The quantitative estimate of drug-likeness (QED) is 0.589. The van der Waals surface area contributed by atoms with Crippen molar-refractivity contribution in [2.75, 3.05) is 7.05 Å². The third kappa shape index (κ3) is 4.11. The number of carbonyl (C=O) groups excluding carboxylic acids is 5. The van der Waals surface area contributed by atoms with Crippen molar-refractivity contribution in [1.29, 1.82) is 0 Å². The zero-order valence-electron chi connectivity index (χ0n) is 17.7. The van der Waals surface area contributed by atoms with Crippen molar-refractivity contribution >= 4 is 29.4 Å². The highest BCUT2D eigenvalue weighted by atomic mass is 16.2. The maximum atomic E-state index is 13.2. The van der Waals surface area contributed by atoms with Gasteiger partial charge in [0.1, 0.15) is 5.78 Å². The van der Waals surface area contributed by atoms with Gasteiger partial charge in [-0.3, -0.25) is 24.1 Å². The molecule has 0 bridgehead atoms. The molecule has 164 valence electrons. The molecule has 4 amide bonds. The van der Waals surface area contributed by atoms with E-state index in [1.165, 1.54) is 11.3 Å². The van der Waals surface area contributed by atoms with Crippen LogP contribution in [0.3, 0.4) is 0 Å². The van der Waals surface area contributed by atoms with Crippen LogP contribution in [0.2, 0.25) is 0 Å². The Balaban J connectivity index is 1.51. The molecule has 4 rings (SSSR count). The standard InChI is InChI=1S/C23H27N3O5/c1-25(23(31)24-15-7-3-2-4-8-15)13-14-6-5-9-17-20(14)22(30)26(21(17)29)18-11-10-16(27)12-19(18)28/h5-6,9,15,18H,2-4,7-8,10-13H2,1H3,(H,24,31). The molecule has 1 heterocycles. The summed E-state index contributed by atoms with van der Waals surface area (Å²) in [5, 5.41) is 3.05. The third-order valence-corrected chi connectivity index (χ3v) is 6.47. The Kier molecular flexibility index (Phi) is 5.89. The molecule has 1 N–H and O–H groups in total. The monoisotopic (exact) mass is 425 g/mol. The fraction of sp³-hybridized carbons (Fsp3) is 0.522. The fourth-order valence-corrected chi connectivity index (χ4v) is 4.78. The van der Waals surface area contributed by atoms with Gasteiger partial charge in [-0.05, 0) is 30.9 Å². The normalized spacial score (nSPS) is 22.0. The number of urea groups is 1. The fourth-order valence-electron chi connectivity index (χ4n) is 4.78. The van der Waals surface area contributed by atoms with E-state index in [-0.39, 0.29) is 54.8 Å². The third-order valence-electron chi connectivity index (χ3n) is 6.47. The molecule has 0 saturated heterocycles. The lowest BCUT2D eigenvalue weighted by atomic mass is 9.92. The lowest BCUT2D eigenvalue weighted by Gasteiger charge is -2.28. The van der Waals surface area contributed by atoms with E-state index < -0.39 is 23.6 Å². The average molecular weight is 425 g/mol. The number of nitrogens with one attached hydrogen (secondary N) is 1. The van der Waals surface area contributed by atoms with Crippen LogP contribution in [0, 0.1) is 0 Å². The zero-order valence-corrected chi connectivity index (χ0v) is 17.7. The van der Waals surface area contributed by atoms with Crippen molar-refractivity contribution in [3.05, 3.63) is 34.9 Å². The molecule has 8 heteroatoms. The van der Waals surface area contributed by atoms with Crippen LogP contribution in [0.1, 0.15) is 77.6 Å². The van der Waals surface area contributed by atoms with Crippen LogP contribution in [0.25, 0.3) is 0 Å². The lowest BCUT2D eigenvalue weighted by molar-refractivity contribution is -0.132. The van der Waals surface area contributed by atoms with E-state index in [9.17, 15) is 24.0 Å². The van der Waals surface area contributed by atoms with Crippen LogP contribution in [0.15, 0.2) is 18.2 Å². The highest BCUT2D eigenvalue weighted by Crippen LogP contribution is 2.31. The second-order valence-corrected chi connectivity index (χ2v) is 8.70. The molecule has 2 saturated carbocycles. The number of nitrogens with zero attached hydrogens (tertiary/aromatic N) is 2. The summed E-state index contributed by atoms with van der Waals surface area (Å²) in [6, 6.07) is 4.04. The van der Waals surface area contributed by atoms with Gasteiger partial charge in [0.05, 0.1) is 23.6 Å². The van der Waals surface area contributed by atoms with Crippen molar-refractivity contribution in [2.45, 2.75) is 70.0 Å². The summed E-state index contributed by atoms with van der Waals surface area (Å²) in [5.74, 6) is -1.59. The van der Waals surface area contributed by atoms with Crippen molar-refractivity contribution < 1.29 is 24.0 Å². The largest absolute Gasteiger partial charge is 0.335 e. The van der Waals surface area contributed by atoms with Crippen LogP contribution < -0.4 is 5.32 Å². The van der Waals surface area contributed by atoms with Gasteiger partial charge in [-0.2, -0.15) is 0 Å². The number of benzene rings is 1. The number of hydrogen-bond acceptors (Lipinski definition) is 5. The maximum Gasteiger partial charge on any atom is 0.317 e. The molecule has 2 fully saturated rings. The molecule has 8 nitrogen and oxygen atoms in total. The van der Waals surface area contributed by atoms with E-state index in [1.54, 1.807) is 25.2 Å². The van der Waals surface area contributed by atoms with Gasteiger partial charge in [0.25, 0.3) is 11.8 Å². The van der Waals surface area contributed by atoms with Crippen LogP contribution in [0.4, 0.5) is 4.79 Å². The summed E-state index contributed by atoms with van der Waals surface area (Å²) in [6.07, 6.45) is 5.47. The highest BCUT2D eigenvalue weighted by Gasteiger charge is 2.45. The Morgan fingerprint density at radius 2 is 1.81 bits per heavy atom. The van der Waals surface area contributed by atoms with E-state index in [0.717, 1.165) is 30.6 Å². The minimum Gasteiger partial charge on any atom is -0.335 e. The Hall–Kier alpha value is -3.03. The number of ketones is 2. The molecule has 2 aliphatic carbocycles. The molecule has 1 aliphatic heterocycles. The Labute approximate surface area is 180 Å². The summed E-state index contributed by atoms with van der Waals surface area (Å²) in [4.78, 5) is 65.1. The topological polar surface area (TPSA) is 104 Å². The summed E-state index contributed by atoms with van der Waals surface area (Å²) < 4.78 is 0. The van der Waals surface area contributed by atoms with Crippen LogP contribution in [-0.2, 0) is 16.1 Å². The SMILES string of the molecule is CN(Cc1cccc2c1C(=O)N(C1CCC(=O)CC1=O)C2=O)C(=O)NC1CCCCC1. The number of Topliss-reactive ketones (excluding diaryl/α,β-unsaturated/α-hetero) is 2. The first-order valence-electron chi connectivity index (χ1n) is 10.9. The second kappa shape index (κ2) is 8.61. The van der Waals surface area contributed by atoms with Gasteiger partial charge in [0, 0.05) is 26.1 Å². The average Bonchev–Trinajstić information content (AvgIpc) is 3.00. The van der Waals surface area contributed by atoms with Gasteiger partial charge in [-0.25, -0.2) is 4.79 Å². The number of hydrogen-bond donors (Lipinski definition) is 1. The number of fused-ring (bicyclic) bond motifs is 1. The second-order valence-electron chi connectivity index (χ2n) is 8.70. The first-order chi connectivity index (χ1) is 14.9. The minimum absolute atomic E-state index is 0.163. The molecule has 0 spiro atoms. The predicted octanol–water partition coefficient (Wildman–Crippen LogP) is 2.45. The molecule has 1 aromatic carbocycles. The maximum absolute atomic E-state index is 13.2. The highest BCUT2D eigenvalue weighted by molar-refractivity contribution is 6.24. The summed E-state index contributed by atoms with van der Waals surface area (Å²) in [7, 11) is 1.66. The molecular weight excluding hydrogens is 398 g/mol. The van der Waals surface area contributed by atoms with Crippen LogP contribution in [0.5, 0.6) is 0 Å². The Morgan fingerprint density at radius 3 is 2.52 bits per heavy atom. The molecule has 1 aromatic rings. The Bertz CT molecular complexity index is 951. The number of amides is 4. The van der Waals surface area contributed by atoms with Gasteiger partial charge >= 0.3 is 6.03 Å². The molecule has 3 aliphatic rings. The van der Waals surface area contributed by atoms with E-state index >= 15 is 0 Å². The molecule has 0 radical (unpaired) electrons. The van der Waals surface area contributed by atoms with Gasteiger partial charge < -0.3 is 10.2 Å². The van der Waals surface area contributed by atoms with Crippen molar-refractivity contribution in [3.63, 3.8) is 0 Å². The van der Waals surface area contributed by atoms with Crippen molar-refractivity contribution in [2.24, 2.45) is 0 Å². The smallest absolute Gasteiger partial charge is 0.317 e. The molecule has 31 heavy (non-hydrogen) atoms. The van der Waals surface area contributed by atoms with Crippen molar-refractivity contribution in [3.8, 4) is 0 Å². The Morgan fingerprint density at radius 1 is 1.06 bits per heavy atom. The van der Waals surface area contributed by atoms with E-state index in [2.05, 4.69) is 5.32 Å². The first-order valence-corrected chi connectivity index (χ1v) is 10.9. The molecular formula is C23H27N3O5. The van der Waals surface area contributed by atoms with Crippen LogP contribution in [-0.4, -0.2) is 58.3 Å². The van der Waals surface area contributed by atoms with E-state index in [0.29, 0.717) is 5.56 Å². The van der Waals surface area contributed by atoms with E-state index in [4.69, 9.17) is 0 Å². The summed E-state index contributed by atoms with van der Waals surface area (Å²) >= 11 is 0. The van der Waals surface area contributed by atoms with E-state index in [1.807, 2.05) is 0 Å². The molecule has 1 atom stereocenters. The minimum atomic E-state index is -0.898. The molecule has 1 unspecified atom stereocenters. The number of rotatable bonds is 4. The van der Waals surface area contributed by atoms with Gasteiger partial charge in [-0.15, -0.1) is 0 Å². The molecule has 0 aromatic heterocycles. The number of imide groups is 1. The lowest BCUT2D eigenvalue weighted by Crippen LogP contribution is -2.47. The predicted molar refractivity (Wildman–Crippen MR) is 111 cm³/mol.